The van der Waals surface area contributed by atoms with Crippen molar-refractivity contribution in [1.82, 2.24) is 4.90 Å². The van der Waals surface area contributed by atoms with E-state index in [2.05, 4.69) is 0 Å². The Morgan fingerprint density at radius 2 is 2.29 bits per heavy atom. The third-order valence-corrected chi connectivity index (χ3v) is 4.16. The highest BCUT2D eigenvalue weighted by molar-refractivity contribution is 6.30. The fraction of sp³-hybridized carbons (Fsp3) is 0.500. The Bertz CT molecular complexity index is 578. The molecular formula is C14H17ClN2O4. The molecular weight excluding hydrogens is 296 g/mol. The number of piperidine rings is 1. The fourth-order valence-corrected chi connectivity index (χ4v) is 2.90. The van der Waals surface area contributed by atoms with E-state index in [0.717, 1.165) is 13.0 Å². The SMILES string of the molecule is CC1(C(=O)O)CCCN(Cc2ccc(Cl)cc2[N+](=O)[O-])C1. The van der Waals surface area contributed by atoms with Gasteiger partial charge in [0.15, 0.2) is 0 Å². The van der Waals surface area contributed by atoms with Crippen molar-refractivity contribution in [3.8, 4) is 0 Å². The van der Waals surface area contributed by atoms with Crippen LogP contribution in [-0.2, 0) is 11.3 Å². The predicted octanol–water partition coefficient (Wildman–Crippen LogP) is 2.93. The summed E-state index contributed by atoms with van der Waals surface area (Å²) in [5.74, 6) is -0.821. The van der Waals surface area contributed by atoms with Crippen LogP contribution in [0.4, 0.5) is 5.69 Å². The molecule has 1 saturated heterocycles. The summed E-state index contributed by atoms with van der Waals surface area (Å²) < 4.78 is 0. The minimum atomic E-state index is -0.821. The van der Waals surface area contributed by atoms with E-state index in [9.17, 15) is 20.0 Å². The molecule has 1 aliphatic rings. The summed E-state index contributed by atoms with van der Waals surface area (Å²) in [7, 11) is 0. The third-order valence-electron chi connectivity index (χ3n) is 3.93. The van der Waals surface area contributed by atoms with Gasteiger partial charge in [-0.25, -0.2) is 0 Å². The highest BCUT2D eigenvalue weighted by Crippen LogP contribution is 2.32. The molecule has 0 saturated carbocycles. The summed E-state index contributed by atoms with van der Waals surface area (Å²) in [4.78, 5) is 23.9. The van der Waals surface area contributed by atoms with Gasteiger partial charge in [0.25, 0.3) is 5.69 Å². The number of likely N-dealkylation sites (tertiary alicyclic amines) is 1. The second-order valence-corrected chi connectivity index (χ2v) is 6.15. The first kappa shape index (κ1) is 15.7. The number of benzene rings is 1. The molecule has 1 aliphatic heterocycles. The number of nitrogens with zero attached hydrogens (tertiary/aromatic N) is 2. The fourth-order valence-electron chi connectivity index (χ4n) is 2.74. The summed E-state index contributed by atoms with van der Waals surface area (Å²) in [6, 6.07) is 4.58. The zero-order valence-electron chi connectivity index (χ0n) is 11.7. The Labute approximate surface area is 127 Å². The van der Waals surface area contributed by atoms with Crippen molar-refractivity contribution in [3.63, 3.8) is 0 Å². The molecule has 1 heterocycles. The molecule has 1 aromatic carbocycles. The number of aliphatic carboxylic acids is 1. The first-order valence-electron chi connectivity index (χ1n) is 6.70. The topological polar surface area (TPSA) is 83.7 Å². The number of rotatable bonds is 4. The Morgan fingerprint density at radius 1 is 1.57 bits per heavy atom. The van der Waals surface area contributed by atoms with Crippen LogP contribution < -0.4 is 0 Å². The number of hydrogen-bond acceptors (Lipinski definition) is 4. The second kappa shape index (κ2) is 5.99. The van der Waals surface area contributed by atoms with Gasteiger partial charge in [0.05, 0.1) is 10.3 Å². The second-order valence-electron chi connectivity index (χ2n) is 5.71. The summed E-state index contributed by atoms with van der Waals surface area (Å²) in [6.45, 7) is 3.21. The molecule has 7 heteroatoms. The lowest BCUT2D eigenvalue weighted by molar-refractivity contribution is -0.385. The van der Waals surface area contributed by atoms with Gasteiger partial charge in [0.1, 0.15) is 0 Å². The molecule has 0 aromatic heterocycles. The van der Waals surface area contributed by atoms with Gasteiger partial charge in [-0.2, -0.15) is 0 Å². The van der Waals surface area contributed by atoms with E-state index in [1.807, 2.05) is 4.90 Å². The molecule has 0 radical (unpaired) electrons. The number of carbonyl (C=O) groups is 1. The van der Waals surface area contributed by atoms with Crippen molar-refractivity contribution in [1.29, 1.82) is 0 Å². The largest absolute Gasteiger partial charge is 0.481 e. The van der Waals surface area contributed by atoms with E-state index in [1.165, 1.54) is 6.07 Å². The smallest absolute Gasteiger partial charge is 0.310 e. The lowest BCUT2D eigenvalue weighted by atomic mass is 9.82. The van der Waals surface area contributed by atoms with Crippen molar-refractivity contribution in [2.45, 2.75) is 26.3 Å². The number of carboxylic acids is 1. The Balaban J connectivity index is 2.19. The van der Waals surface area contributed by atoms with Gasteiger partial charge in [0.2, 0.25) is 0 Å². The molecule has 0 amide bonds. The standard InChI is InChI=1S/C14H17ClN2O4/c1-14(13(18)19)5-2-6-16(9-14)8-10-3-4-11(15)7-12(10)17(20)21/h3-4,7H,2,5-6,8-9H2,1H3,(H,18,19). The van der Waals surface area contributed by atoms with Crippen molar-refractivity contribution in [2.75, 3.05) is 13.1 Å². The van der Waals surface area contributed by atoms with E-state index >= 15 is 0 Å². The summed E-state index contributed by atoms with van der Waals surface area (Å²) in [5.41, 5.74) is -0.261. The minimum absolute atomic E-state index is 0.0231. The maximum atomic E-state index is 11.3. The molecule has 1 atom stereocenters. The Morgan fingerprint density at radius 3 is 2.90 bits per heavy atom. The van der Waals surface area contributed by atoms with Gasteiger partial charge in [-0.1, -0.05) is 11.6 Å². The van der Waals surface area contributed by atoms with E-state index in [1.54, 1.807) is 19.1 Å². The summed E-state index contributed by atoms with van der Waals surface area (Å²) in [5, 5.41) is 20.7. The molecule has 0 bridgehead atoms. The van der Waals surface area contributed by atoms with E-state index in [4.69, 9.17) is 11.6 Å². The molecule has 21 heavy (non-hydrogen) atoms. The van der Waals surface area contributed by atoms with Gasteiger partial charge >= 0.3 is 5.97 Å². The monoisotopic (exact) mass is 312 g/mol. The third kappa shape index (κ3) is 3.51. The van der Waals surface area contributed by atoms with Crippen LogP contribution in [-0.4, -0.2) is 34.0 Å². The van der Waals surface area contributed by atoms with Crippen molar-refractivity contribution in [2.24, 2.45) is 5.41 Å². The van der Waals surface area contributed by atoms with Gasteiger partial charge in [0, 0.05) is 29.7 Å². The molecule has 0 spiro atoms. The maximum Gasteiger partial charge on any atom is 0.310 e. The molecule has 114 valence electrons. The molecule has 1 aromatic rings. The average molecular weight is 313 g/mol. The van der Waals surface area contributed by atoms with Crippen molar-refractivity contribution < 1.29 is 14.8 Å². The van der Waals surface area contributed by atoms with Gasteiger partial charge < -0.3 is 5.11 Å². The molecule has 6 nitrogen and oxygen atoms in total. The van der Waals surface area contributed by atoms with Crippen LogP contribution in [0, 0.1) is 15.5 Å². The van der Waals surface area contributed by atoms with Crippen molar-refractivity contribution >= 4 is 23.3 Å². The predicted molar refractivity (Wildman–Crippen MR) is 78.4 cm³/mol. The van der Waals surface area contributed by atoms with E-state index < -0.39 is 16.3 Å². The van der Waals surface area contributed by atoms with Crippen LogP contribution in [0.1, 0.15) is 25.3 Å². The van der Waals surface area contributed by atoms with Gasteiger partial charge in [-0.05, 0) is 38.4 Å². The Hall–Kier alpha value is -1.66. The molecule has 1 unspecified atom stereocenters. The maximum absolute atomic E-state index is 11.3. The first-order valence-corrected chi connectivity index (χ1v) is 7.08. The summed E-state index contributed by atoms with van der Waals surface area (Å²) >= 11 is 5.79. The average Bonchev–Trinajstić information content (AvgIpc) is 2.40. The first-order chi connectivity index (χ1) is 9.82. The number of nitro groups is 1. The van der Waals surface area contributed by atoms with Crippen LogP contribution in [0.25, 0.3) is 0 Å². The highest BCUT2D eigenvalue weighted by Gasteiger charge is 2.38. The van der Waals surface area contributed by atoms with Gasteiger partial charge in [-0.3, -0.25) is 19.8 Å². The number of halogens is 1. The zero-order chi connectivity index (χ0) is 15.6. The quantitative estimate of drug-likeness (QED) is 0.682. The van der Waals surface area contributed by atoms with Crippen LogP contribution in [0.5, 0.6) is 0 Å². The molecule has 1 N–H and O–H groups in total. The molecule has 1 fully saturated rings. The number of hydrogen-bond donors (Lipinski definition) is 1. The van der Waals surface area contributed by atoms with Crippen LogP contribution in [0.2, 0.25) is 5.02 Å². The van der Waals surface area contributed by atoms with E-state index in [-0.39, 0.29) is 5.69 Å². The molecule has 2 rings (SSSR count). The molecule has 0 aliphatic carbocycles. The lowest BCUT2D eigenvalue weighted by Crippen LogP contribution is -2.45. The summed E-state index contributed by atoms with van der Waals surface area (Å²) in [6.07, 6.45) is 1.39. The lowest BCUT2D eigenvalue weighted by Gasteiger charge is -2.37. The number of carboxylic acid groups (broad SMARTS) is 1. The Kier molecular flexibility index (Phi) is 4.49. The van der Waals surface area contributed by atoms with Crippen LogP contribution in [0.15, 0.2) is 18.2 Å². The van der Waals surface area contributed by atoms with Crippen molar-refractivity contribution in [3.05, 3.63) is 38.9 Å². The van der Waals surface area contributed by atoms with Gasteiger partial charge in [-0.15, -0.1) is 0 Å². The minimum Gasteiger partial charge on any atom is -0.481 e. The number of nitro benzene ring substituents is 1. The van der Waals surface area contributed by atoms with E-state index in [0.29, 0.717) is 30.1 Å². The normalized spacial score (nSPS) is 23.0. The van der Waals surface area contributed by atoms with Crippen LogP contribution >= 0.6 is 11.6 Å². The van der Waals surface area contributed by atoms with Crippen LogP contribution in [0.3, 0.4) is 0 Å². The highest BCUT2D eigenvalue weighted by atomic mass is 35.5. The zero-order valence-corrected chi connectivity index (χ0v) is 12.5.